The van der Waals surface area contributed by atoms with Crippen LogP contribution in [0.2, 0.25) is 0 Å². The number of hydrogen-bond donors (Lipinski definition) is 3. The van der Waals surface area contributed by atoms with Crippen molar-refractivity contribution in [3.63, 3.8) is 0 Å². The van der Waals surface area contributed by atoms with Gasteiger partial charge in [0, 0.05) is 11.9 Å². The van der Waals surface area contributed by atoms with Crippen molar-refractivity contribution >= 4 is 10.9 Å². The molecule has 0 bridgehead atoms. The van der Waals surface area contributed by atoms with E-state index in [0.717, 1.165) is 25.2 Å². The van der Waals surface area contributed by atoms with Crippen molar-refractivity contribution in [2.24, 2.45) is 0 Å². The molecule has 1 atom stereocenters. The first kappa shape index (κ1) is 9.81. The van der Waals surface area contributed by atoms with E-state index in [1.54, 1.807) is 0 Å². The second-order valence-electron chi connectivity index (χ2n) is 4.22. The highest BCUT2D eigenvalue weighted by Gasteiger charge is 2.17. The lowest BCUT2D eigenvalue weighted by Crippen LogP contribution is -2.27. The fourth-order valence-corrected chi connectivity index (χ4v) is 2.26. The van der Waals surface area contributed by atoms with Crippen LogP contribution in [0.5, 0.6) is 0 Å². The van der Waals surface area contributed by atoms with Crippen LogP contribution in [0, 0.1) is 0 Å². The third-order valence-electron chi connectivity index (χ3n) is 3.11. The molecule has 3 N–H and O–H groups in total. The molecule has 4 nitrogen and oxygen atoms in total. The van der Waals surface area contributed by atoms with Crippen molar-refractivity contribution in [2.45, 2.75) is 12.5 Å². The zero-order valence-electron chi connectivity index (χ0n) is 9.16. The van der Waals surface area contributed by atoms with Crippen molar-refractivity contribution < 1.29 is 0 Å². The number of rotatable bonds is 1. The van der Waals surface area contributed by atoms with Crippen LogP contribution in [0.25, 0.3) is 10.9 Å². The maximum atomic E-state index is 4.33. The van der Waals surface area contributed by atoms with Gasteiger partial charge in [0.15, 0.2) is 0 Å². The van der Waals surface area contributed by atoms with E-state index in [0.29, 0.717) is 6.04 Å². The quantitative estimate of drug-likeness (QED) is 0.671. The molecular weight excluding hydrogens is 200 g/mol. The second-order valence-corrected chi connectivity index (χ2v) is 4.22. The molecule has 16 heavy (non-hydrogen) atoms. The highest BCUT2D eigenvalue weighted by Crippen LogP contribution is 2.21. The Morgan fingerprint density at radius 3 is 3.12 bits per heavy atom. The molecule has 0 saturated carbocycles. The number of nitrogens with one attached hydrogen (secondary N) is 3. The lowest BCUT2D eigenvalue weighted by Gasteiger charge is -2.14. The number of fused-ring (bicyclic) bond motifs is 1. The molecule has 1 unspecified atom stereocenters. The minimum Gasteiger partial charge on any atom is -0.315 e. The maximum absolute atomic E-state index is 4.33. The summed E-state index contributed by atoms with van der Waals surface area (Å²) < 4.78 is 0. The Morgan fingerprint density at radius 1 is 1.19 bits per heavy atom. The van der Waals surface area contributed by atoms with Gasteiger partial charge in [0.05, 0.1) is 17.3 Å². The van der Waals surface area contributed by atoms with Crippen LogP contribution in [0.4, 0.5) is 0 Å². The average molecular weight is 216 g/mol. The molecule has 3 rings (SSSR count). The van der Waals surface area contributed by atoms with Gasteiger partial charge in [0.2, 0.25) is 0 Å². The summed E-state index contributed by atoms with van der Waals surface area (Å²) >= 11 is 0. The highest BCUT2D eigenvalue weighted by atomic mass is 15.1. The smallest absolute Gasteiger partial charge is 0.0924 e. The third kappa shape index (κ3) is 1.70. The molecule has 0 radical (unpaired) electrons. The van der Waals surface area contributed by atoms with E-state index in [9.17, 15) is 0 Å². The van der Waals surface area contributed by atoms with Crippen LogP contribution >= 0.6 is 0 Å². The summed E-state index contributed by atoms with van der Waals surface area (Å²) in [4.78, 5) is 0. The highest BCUT2D eigenvalue weighted by molar-refractivity contribution is 5.81. The topological polar surface area (TPSA) is 52.7 Å². The summed E-state index contributed by atoms with van der Waals surface area (Å²) in [6, 6.07) is 8.59. The summed E-state index contributed by atoms with van der Waals surface area (Å²) in [5.41, 5.74) is 2.24. The molecule has 2 aromatic rings. The summed E-state index contributed by atoms with van der Waals surface area (Å²) in [6.45, 7) is 3.12. The van der Waals surface area contributed by atoms with Crippen LogP contribution in [-0.2, 0) is 0 Å². The van der Waals surface area contributed by atoms with Crippen molar-refractivity contribution in [3.05, 3.63) is 30.0 Å². The number of aromatic amines is 1. The average Bonchev–Trinajstić information content (AvgIpc) is 2.57. The number of aromatic nitrogens is 2. The predicted molar refractivity (Wildman–Crippen MR) is 64.3 cm³/mol. The first-order chi connectivity index (χ1) is 7.95. The number of benzene rings is 1. The van der Waals surface area contributed by atoms with E-state index in [-0.39, 0.29) is 0 Å². The van der Waals surface area contributed by atoms with Gasteiger partial charge in [0.25, 0.3) is 0 Å². The Balaban J connectivity index is 1.97. The number of hydrogen-bond acceptors (Lipinski definition) is 3. The molecule has 0 amide bonds. The zero-order chi connectivity index (χ0) is 10.8. The summed E-state index contributed by atoms with van der Waals surface area (Å²) in [6.07, 6.45) is 1.18. The number of nitrogens with zero attached hydrogens (tertiary/aromatic N) is 1. The second kappa shape index (κ2) is 4.23. The van der Waals surface area contributed by atoms with Gasteiger partial charge in [0.1, 0.15) is 0 Å². The Hall–Kier alpha value is -1.39. The molecule has 84 valence electrons. The Morgan fingerprint density at radius 2 is 2.12 bits per heavy atom. The van der Waals surface area contributed by atoms with Crippen molar-refractivity contribution in [1.82, 2.24) is 20.8 Å². The van der Waals surface area contributed by atoms with E-state index in [1.807, 2.05) is 12.1 Å². The summed E-state index contributed by atoms with van der Waals surface area (Å²) in [7, 11) is 0. The number of H-pyrrole nitrogens is 1. The van der Waals surface area contributed by atoms with Crippen molar-refractivity contribution in [3.8, 4) is 0 Å². The molecule has 1 fully saturated rings. The van der Waals surface area contributed by atoms with Gasteiger partial charge >= 0.3 is 0 Å². The van der Waals surface area contributed by atoms with E-state index in [2.05, 4.69) is 33.0 Å². The van der Waals surface area contributed by atoms with Gasteiger partial charge < -0.3 is 10.6 Å². The molecule has 4 heteroatoms. The Kier molecular flexibility index (Phi) is 2.60. The number of para-hydroxylation sites is 1. The third-order valence-corrected chi connectivity index (χ3v) is 3.11. The molecule has 1 aromatic heterocycles. The van der Waals surface area contributed by atoms with Gasteiger partial charge in [-0.1, -0.05) is 18.2 Å². The van der Waals surface area contributed by atoms with Crippen LogP contribution in [0.15, 0.2) is 24.3 Å². The molecule has 1 aromatic carbocycles. The first-order valence-electron chi connectivity index (χ1n) is 5.82. The summed E-state index contributed by atoms with van der Waals surface area (Å²) in [5, 5.41) is 15.7. The van der Waals surface area contributed by atoms with Crippen LogP contribution < -0.4 is 10.6 Å². The molecule has 0 spiro atoms. The van der Waals surface area contributed by atoms with Gasteiger partial charge in [-0.25, -0.2) is 0 Å². The Bertz CT molecular complexity index is 469. The standard InChI is InChI=1S/C12H16N4/c1-2-5-10-9(4-1)12(16-15-10)11-8-13-6-3-7-14-11/h1-2,4-5,11,13-14H,3,6-8H2,(H,15,16). The van der Waals surface area contributed by atoms with Crippen molar-refractivity contribution in [2.75, 3.05) is 19.6 Å². The van der Waals surface area contributed by atoms with E-state index in [4.69, 9.17) is 0 Å². The lowest BCUT2D eigenvalue weighted by molar-refractivity contribution is 0.542. The van der Waals surface area contributed by atoms with Crippen LogP contribution in [0.1, 0.15) is 18.2 Å². The molecule has 0 aliphatic carbocycles. The van der Waals surface area contributed by atoms with E-state index in [1.165, 1.54) is 17.5 Å². The van der Waals surface area contributed by atoms with Gasteiger partial charge in [-0.15, -0.1) is 0 Å². The SMILES string of the molecule is c1ccc2c(C3CNCCCN3)[nH]nc2c1. The van der Waals surface area contributed by atoms with Crippen LogP contribution in [-0.4, -0.2) is 29.8 Å². The fraction of sp³-hybridized carbons (Fsp3) is 0.417. The molecule has 1 aliphatic heterocycles. The largest absolute Gasteiger partial charge is 0.315 e. The fourth-order valence-electron chi connectivity index (χ4n) is 2.26. The lowest BCUT2D eigenvalue weighted by atomic mass is 10.1. The minimum absolute atomic E-state index is 0.342. The Labute approximate surface area is 94.4 Å². The molecular formula is C12H16N4. The first-order valence-corrected chi connectivity index (χ1v) is 5.82. The van der Waals surface area contributed by atoms with Crippen molar-refractivity contribution in [1.29, 1.82) is 0 Å². The van der Waals surface area contributed by atoms with Gasteiger partial charge in [-0.2, -0.15) is 5.10 Å². The minimum atomic E-state index is 0.342. The predicted octanol–water partition coefficient (Wildman–Crippen LogP) is 1.19. The van der Waals surface area contributed by atoms with Crippen LogP contribution in [0.3, 0.4) is 0 Å². The van der Waals surface area contributed by atoms with E-state index >= 15 is 0 Å². The molecule has 1 aliphatic rings. The van der Waals surface area contributed by atoms with Gasteiger partial charge in [-0.3, -0.25) is 5.10 Å². The van der Waals surface area contributed by atoms with Gasteiger partial charge in [-0.05, 0) is 25.6 Å². The van der Waals surface area contributed by atoms with E-state index < -0.39 is 0 Å². The monoisotopic (exact) mass is 216 g/mol. The normalized spacial score (nSPS) is 22.1. The molecule has 2 heterocycles. The maximum Gasteiger partial charge on any atom is 0.0924 e. The zero-order valence-corrected chi connectivity index (χ0v) is 9.16. The molecule has 1 saturated heterocycles. The summed E-state index contributed by atoms with van der Waals surface area (Å²) in [5.74, 6) is 0.